The molecular formula is C27H47N5O2. The first-order valence-corrected chi connectivity index (χ1v) is 13.9. The van der Waals surface area contributed by atoms with Crippen molar-refractivity contribution >= 4 is 17.9 Å². The molecule has 7 heteroatoms. The average Bonchev–Trinajstić information content (AvgIpc) is 3.07. The van der Waals surface area contributed by atoms with Crippen LogP contribution in [-0.4, -0.2) is 41.4 Å². The predicted molar refractivity (Wildman–Crippen MR) is 138 cm³/mol. The normalized spacial score (nSPS) is 25.9. The molecule has 0 bridgehead atoms. The second-order valence-corrected chi connectivity index (χ2v) is 10.7. The van der Waals surface area contributed by atoms with E-state index in [2.05, 4.69) is 24.5 Å². The van der Waals surface area contributed by atoms with E-state index in [1.54, 1.807) is 4.90 Å². The van der Waals surface area contributed by atoms with Crippen molar-refractivity contribution in [2.75, 3.05) is 13.1 Å². The summed E-state index contributed by atoms with van der Waals surface area (Å²) >= 11 is 0. The summed E-state index contributed by atoms with van der Waals surface area (Å²) in [6, 6.07) is -0.129. The van der Waals surface area contributed by atoms with Crippen LogP contribution in [0.3, 0.4) is 0 Å². The molecule has 4 N–H and O–H groups in total. The maximum Gasteiger partial charge on any atom is 0.318 e. The summed E-state index contributed by atoms with van der Waals surface area (Å²) in [5, 5.41) is 5.74. The lowest BCUT2D eigenvalue weighted by atomic mass is 9.77. The molecule has 0 aromatic carbocycles. The number of unbranched alkanes of at least 4 members (excludes halogenated alkanes) is 2. The van der Waals surface area contributed by atoms with Gasteiger partial charge in [0.25, 0.3) is 5.91 Å². The number of guanidine groups is 1. The third-order valence-electron chi connectivity index (χ3n) is 7.95. The predicted octanol–water partition coefficient (Wildman–Crippen LogP) is 5.22. The minimum Gasteiger partial charge on any atom is -0.369 e. The van der Waals surface area contributed by atoms with Gasteiger partial charge in [-0.3, -0.25) is 9.69 Å². The largest absolute Gasteiger partial charge is 0.369 e. The Morgan fingerprint density at radius 1 is 1.09 bits per heavy atom. The molecule has 1 unspecified atom stereocenters. The van der Waals surface area contributed by atoms with Gasteiger partial charge < -0.3 is 16.4 Å². The summed E-state index contributed by atoms with van der Waals surface area (Å²) in [5.41, 5.74) is 7.03. The van der Waals surface area contributed by atoms with Gasteiger partial charge in [0, 0.05) is 19.3 Å². The molecule has 0 radical (unpaired) electrons. The van der Waals surface area contributed by atoms with Gasteiger partial charge in [0.05, 0.1) is 0 Å². The molecule has 7 nitrogen and oxygen atoms in total. The number of aliphatic imine (C=N–C) groups is 1. The van der Waals surface area contributed by atoms with E-state index < -0.39 is 5.54 Å². The van der Waals surface area contributed by atoms with Crippen molar-refractivity contribution in [2.24, 2.45) is 22.6 Å². The first-order valence-electron chi connectivity index (χ1n) is 13.9. The molecule has 3 aliphatic rings. The highest BCUT2D eigenvalue weighted by atomic mass is 16.2. The monoisotopic (exact) mass is 473 g/mol. The zero-order valence-corrected chi connectivity index (χ0v) is 21.5. The van der Waals surface area contributed by atoms with Gasteiger partial charge >= 0.3 is 6.03 Å². The van der Waals surface area contributed by atoms with E-state index in [1.165, 1.54) is 37.7 Å². The van der Waals surface area contributed by atoms with Crippen molar-refractivity contribution in [3.63, 3.8) is 0 Å². The number of rotatable bonds is 11. The van der Waals surface area contributed by atoms with Crippen LogP contribution in [0.2, 0.25) is 0 Å². The number of carbonyl (C=O) groups is 2. The smallest absolute Gasteiger partial charge is 0.318 e. The molecule has 192 valence electrons. The maximum atomic E-state index is 13.7. The van der Waals surface area contributed by atoms with Crippen LogP contribution < -0.4 is 16.4 Å². The second kappa shape index (κ2) is 13.1. The summed E-state index contributed by atoms with van der Waals surface area (Å²) in [6.07, 6.45) is 17.9. The summed E-state index contributed by atoms with van der Waals surface area (Å²) in [4.78, 5) is 32.3. The van der Waals surface area contributed by atoms with Gasteiger partial charge in [-0.2, -0.15) is 0 Å². The van der Waals surface area contributed by atoms with Crippen LogP contribution in [-0.2, 0) is 4.79 Å². The summed E-state index contributed by atoms with van der Waals surface area (Å²) < 4.78 is 0. The molecule has 2 fully saturated rings. The number of carbonyl (C=O) groups excluding carboxylic acids is 2. The molecule has 1 heterocycles. The number of allylic oxidation sites excluding steroid dienone is 1. The molecule has 1 aliphatic heterocycles. The zero-order chi connectivity index (χ0) is 24.4. The van der Waals surface area contributed by atoms with E-state index in [1.807, 2.05) is 6.20 Å². The fourth-order valence-corrected chi connectivity index (χ4v) is 5.83. The lowest BCUT2D eigenvalue weighted by Gasteiger charge is -2.33. The Morgan fingerprint density at radius 2 is 1.79 bits per heavy atom. The number of nitrogens with zero attached hydrogens (tertiary/aromatic N) is 2. The molecule has 0 saturated heterocycles. The lowest BCUT2D eigenvalue weighted by molar-refractivity contribution is -0.132. The molecule has 34 heavy (non-hydrogen) atoms. The van der Waals surface area contributed by atoms with Crippen molar-refractivity contribution in [3.05, 3.63) is 11.8 Å². The fraction of sp³-hybridized carbons (Fsp3) is 0.815. The van der Waals surface area contributed by atoms with Crippen molar-refractivity contribution in [1.29, 1.82) is 0 Å². The number of urea groups is 1. The van der Waals surface area contributed by atoms with E-state index in [0.29, 0.717) is 30.9 Å². The molecule has 0 aromatic rings. The maximum absolute atomic E-state index is 13.7. The molecule has 3 amide bonds. The molecular weight excluding hydrogens is 426 g/mol. The van der Waals surface area contributed by atoms with Crippen LogP contribution in [0.25, 0.3) is 0 Å². The quantitative estimate of drug-likeness (QED) is 0.359. The van der Waals surface area contributed by atoms with E-state index in [-0.39, 0.29) is 11.9 Å². The number of nitrogens with two attached hydrogens (primary N) is 1. The van der Waals surface area contributed by atoms with E-state index >= 15 is 0 Å². The second-order valence-electron chi connectivity index (χ2n) is 10.7. The van der Waals surface area contributed by atoms with Gasteiger partial charge in [-0.05, 0) is 56.8 Å². The van der Waals surface area contributed by atoms with Gasteiger partial charge in [-0.1, -0.05) is 70.8 Å². The van der Waals surface area contributed by atoms with Gasteiger partial charge in [-0.15, -0.1) is 0 Å². The molecule has 1 atom stereocenters. The topological polar surface area (TPSA) is 99.8 Å². The number of nitrogens with one attached hydrogen (secondary N) is 2. The Balaban J connectivity index is 1.52. The van der Waals surface area contributed by atoms with Crippen LogP contribution in [0, 0.1) is 11.8 Å². The van der Waals surface area contributed by atoms with Crippen LogP contribution in [0.4, 0.5) is 4.79 Å². The van der Waals surface area contributed by atoms with Gasteiger partial charge in [0.2, 0.25) is 0 Å². The molecule has 2 aliphatic carbocycles. The molecule has 0 spiro atoms. The van der Waals surface area contributed by atoms with Crippen molar-refractivity contribution in [2.45, 2.75) is 116 Å². The minimum absolute atomic E-state index is 0.129. The van der Waals surface area contributed by atoms with Gasteiger partial charge in [0.15, 0.2) is 5.96 Å². The molecule has 3 rings (SSSR count). The Hall–Kier alpha value is -2.05. The molecule has 2 saturated carbocycles. The van der Waals surface area contributed by atoms with Crippen molar-refractivity contribution < 1.29 is 9.59 Å². The Labute approximate surface area is 206 Å². The average molecular weight is 474 g/mol. The van der Waals surface area contributed by atoms with Crippen LogP contribution >= 0.6 is 0 Å². The first-order chi connectivity index (χ1) is 16.5. The van der Waals surface area contributed by atoms with E-state index in [0.717, 1.165) is 64.2 Å². The third kappa shape index (κ3) is 7.22. The minimum atomic E-state index is -0.628. The van der Waals surface area contributed by atoms with Crippen molar-refractivity contribution in [3.8, 4) is 0 Å². The lowest BCUT2D eigenvalue weighted by Crippen LogP contribution is -2.47. The summed E-state index contributed by atoms with van der Waals surface area (Å²) in [7, 11) is 0. The standard InChI is InChI=1S/C27H47N5O2/c1-3-5-16-27(18-21-10-8-7-9-11-21)24(33)32(25(28)31-27)20-23-14-12-22(13-15-23)19-30-26(34)29-17-6-4-2/h19,21,23H,3-18,20H2,1-2H3,(H2,28,31)(H2,29,30,34). The number of amides is 3. The van der Waals surface area contributed by atoms with Gasteiger partial charge in [0.1, 0.15) is 5.54 Å². The van der Waals surface area contributed by atoms with Crippen LogP contribution in [0.1, 0.15) is 110 Å². The van der Waals surface area contributed by atoms with Crippen LogP contribution in [0.5, 0.6) is 0 Å². The number of hydrogen-bond acceptors (Lipinski definition) is 4. The molecule has 0 aromatic heterocycles. The fourth-order valence-electron chi connectivity index (χ4n) is 5.83. The Bertz CT molecular complexity index is 733. The first kappa shape index (κ1) is 26.6. The zero-order valence-electron chi connectivity index (χ0n) is 21.5. The van der Waals surface area contributed by atoms with Crippen LogP contribution in [0.15, 0.2) is 16.8 Å². The Morgan fingerprint density at radius 3 is 2.47 bits per heavy atom. The summed E-state index contributed by atoms with van der Waals surface area (Å²) in [6.45, 7) is 5.67. The SMILES string of the molecule is CCCCNC(=O)NC=C1CCC(CN2C(=O)C(CCCC)(CC3CCCCC3)N=C2N)CC1. The third-order valence-corrected chi connectivity index (χ3v) is 7.95. The Kier molecular flexibility index (Phi) is 10.3. The summed E-state index contributed by atoms with van der Waals surface area (Å²) in [5.74, 6) is 1.60. The van der Waals surface area contributed by atoms with Gasteiger partial charge in [-0.25, -0.2) is 9.79 Å². The van der Waals surface area contributed by atoms with E-state index in [9.17, 15) is 9.59 Å². The highest BCUT2D eigenvalue weighted by Crippen LogP contribution is 2.39. The highest BCUT2D eigenvalue weighted by Gasteiger charge is 2.48. The van der Waals surface area contributed by atoms with Crippen molar-refractivity contribution in [1.82, 2.24) is 15.5 Å². The number of hydrogen-bond donors (Lipinski definition) is 3. The van der Waals surface area contributed by atoms with E-state index in [4.69, 9.17) is 10.7 Å². The highest BCUT2D eigenvalue weighted by molar-refractivity contribution is 6.06.